The van der Waals surface area contributed by atoms with Crippen molar-refractivity contribution in [2.24, 2.45) is 0 Å². The summed E-state index contributed by atoms with van der Waals surface area (Å²) >= 11 is 5.90. The maximum atomic E-state index is 12.1. The Kier molecular flexibility index (Phi) is 5.21. The largest absolute Gasteiger partial charge is 0.389 e. The molecule has 0 fully saturated rings. The highest BCUT2D eigenvalue weighted by Gasteiger charge is 2.28. The Morgan fingerprint density at radius 3 is 2.71 bits per heavy atom. The van der Waals surface area contributed by atoms with Crippen LogP contribution in [0.3, 0.4) is 0 Å². The average Bonchev–Trinajstić information content (AvgIpc) is 2.25. The summed E-state index contributed by atoms with van der Waals surface area (Å²) in [5, 5.41) is 3.36. The number of rotatable bonds is 5. The van der Waals surface area contributed by atoms with Crippen molar-refractivity contribution in [3.63, 3.8) is 0 Å². The molecule has 0 saturated carbocycles. The van der Waals surface area contributed by atoms with Crippen LogP contribution in [0.4, 0.5) is 13.2 Å². The van der Waals surface area contributed by atoms with E-state index in [-0.39, 0.29) is 12.5 Å². The Bertz CT molecular complexity index is 355. The molecular formula is C11H14ClF3N2. The van der Waals surface area contributed by atoms with E-state index in [9.17, 15) is 13.2 Å². The van der Waals surface area contributed by atoms with E-state index in [1.165, 1.54) is 6.20 Å². The fourth-order valence-electron chi connectivity index (χ4n) is 1.52. The predicted octanol–water partition coefficient (Wildman–Crippen LogP) is 3.21. The van der Waals surface area contributed by atoms with Crippen molar-refractivity contribution in [3.8, 4) is 0 Å². The number of hydrogen-bond acceptors (Lipinski definition) is 2. The SMILES string of the molecule is CNC(CCC(F)(F)F)Cc1ccncc1Cl. The number of halogens is 4. The second-order valence-corrected chi connectivity index (χ2v) is 4.22. The fourth-order valence-corrected chi connectivity index (χ4v) is 1.72. The van der Waals surface area contributed by atoms with Gasteiger partial charge in [-0.1, -0.05) is 11.6 Å². The lowest BCUT2D eigenvalue weighted by Crippen LogP contribution is -2.29. The molecule has 0 radical (unpaired) electrons. The molecule has 0 aliphatic carbocycles. The average molecular weight is 267 g/mol. The summed E-state index contributed by atoms with van der Waals surface area (Å²) in [6.07, 6.45) is -1.32. The number of likely N-dealkylation sites (N-methyl/N-ethyl adjacent to an activating group) is 1. The van der Waals surface area contributed by atoms with Gasteiger partial charge in [0.1, 0.15) is 0 Å². The standard InChI is InChI=1S/C11H14ClF3N2/c1-16-9(2-4-11(13,14)15)6-8-3-5-17-7-10(8)12/h3,5,7,9,16H,2,4,6H2,1H3. The zero-order valence-electron chi connectivity index (χ0n) is 9.39. The Morgan fingerprint density at radius 2 is 2.18 bits per heavy atom. The summed E-state index contributed by atoms with van der Waals surface area (Å²) in [6.45, 7) is 0. The summed E-state index contributed by atoms with van der Waals surface area (Å²) in [5.41, 5.74) is 0.809. The van der Waals surface area contributed by atoms with Crippen LogP contribution in [0.1, 0.15) is 18.4 Å². The monoisotopic (exact) mass is 266 g/mol. The Morgan fingerprint density at radius 1 is 1.47 bits per heavy atom. The summed E-state index contributed by atoms with van der Waals surface area (Å²) in [4.78, 5) is 3.83. The molecule has 1 N–H and O–H groups in total. The predicted molar refractivity (Wildman–Crippen MR) is 61.1 cm³/mol. The molecule has 1 heterocycles. The molecule has 0 aliphatic heterocycles. The van der Waals surface area contributed by atoms with Crippen molar-refractivity contribution in [1.82, 2.24) is 10.3 Å². The van der Waals surface area contributed by atoms with Gasteiger partial charge in [-0.25, -0.2) is 0 Å². The Balaban J connectivity index is 2.56. The number of aromatic nitrogens is 1. The number of nitrogens with zero attached hydrogens (tertiary/aromatic N) is 1. The molecule has 2 nitrogen and oxygen atoms in total. The molecule has 1 aromatic rings. The number of alkyl halides is 3. The molecule has 0 amide bonds. The van der Waals surface area contributed by atoms with E-state index >= 15 is 0 Å². The van der Waals surface area contributed by atoms with Gasteiger partial charge in [0.15, 0.2) is 0 Å². The number of pyridine rings is 1. The molecule has 1 unspecified atom stereocenters. The molecule has 1 aromatic heterocycles. The maximum Gasteiger partial charge on any atom is 0.389 e. The third kappa shape index (κ3) is 5.37. The van der Waals surface area contributed by atoms with E-state index in [1.54, 1.807) is 19.3 Å². The minimum Gasteiger partial charge on any atom is -0.317 e. The highest BCUT2D eigenvalue weighted by Crippen LogP contribution is 2.24. The number of nitrogens with one attached hydrogen (secondary N) is 1. The summed E-state index contributed by atoms with van der Waals surface area (Å²) in [5.74, 6) is 0. The number of hydrogen-bond donors (Lipinski definition) is 1. The van der Waals surface area contributed by atoms with Crippen LogP contribution < -0.4 is 5.32 Å². The molecule has 0 aromatic carbocycles. The van der Waals surface area contributed by atoms with Gasteiger partial charge in [0.05, 0.1) is 5.02 Å². The highest BCUT2D eigenvalue weighted by atomic mass is 35.5. The Labute approximate surface area is 103 Å². The van der Waals surface area contributed by atoms with E-state index in [0.29, 0.717) is 11.4 Å². The topological polar surface area (TPSA) is 24.9 Å². The van der Waals surface area contributed by atoms with Crippen molar-refractivity contribution in [3.05, 3.63) is 29.0 Å². The van der Waals surface area contributed by atoms with Crippen LogP contribution in [0.2, 0.25) is 5.02 Å². The van der Waals surface area contributed by atoms with E-state index < -0.39 is 12.6 Å². The molecule has 17 heavy (non-hydrogen) atoms. The Hall–Kier alpha value is -0.810. The van der Waals surface area contributed by atoms with Gasteiger partial charge in [-0.15, -0.1) is 0 Å². The second kappa shape index (κ2) is 6.21. The van der Waals surface area contributed by atoms with Gasteiger partial charge >= 0.3 is 6.18 Å². The molecule has 1 rings (SSSR count). The molecular weight excluding hydrogens is 253 g/mol. The van der Waals surface area contributed by atoms with Crippen LogP contribution >= 0.6 is 11.6 Å². The van der Waals surface area contributed by atoms with Crippen molar-refractivity contribution in [2.45, 2.75) is 31.5 Å². The lowest BCUT2D eigenvalue weighted by Gasteiger charge is -2.17. The van der Waals surface area contributed by atoms with Gasteiger partial charge < -0.3 is 5.32 Å². The first-order valence-electron chi connectivity index (χ1n) is 5.25. The van der Waals surface area contributed by atoms with Crippen molar-refractivity contribution < 1.29 is 13.2 Å². The zero-order chi connectivity index (χ0) is 12.9. The van der Waals surface area contributed by atoms with Gasteiger partial charge in [0.2, 0.25) is 0 Å². The van der Waals surface area contributed by atoms with Crippen LogP contribution in [0.15, 0.2) is 18.5 Å². The third-order valence-electron chi connectivity index (χ3n) is 2.51. The lowest BCUT2D eigenvalue weighted by molar-refractivity contribution is -0.136. The second-order valence-electron chi connectivity index (χ2n) is 3.81. The maximum absolute atomic E-state index is 12.1. The molecule has 96 valence electrons. The van der Waals surface area contributed by atoms with E-state index in [1.807, 2.05) is 0 Å². The van der Waals surface area contributed by atoms with Gasteiger partial charge in [-0.3, -0.25) is 4.98 Å². The van der Waals surface area contributed by atoms with Crippen LogP contribution in [-0.4, -0.2) is 24.2 Å². The first-order valence-corrected chi connectivity index (χ1v) is 5.62. The molecule has 6 heteroatoms. The molecule has 1 atom stereocenters. The molecule has 0 saturated heterocycles. The summed E-state index contributed by atoms with van der Waals surface area (Å²) < 4.78 is 36.3. The minimum absolute atomic E-state index is 0.0403. The normalized spacial score (nSPS) is 13.7. The van der Waals surface area contributed by atoms with E-state index in [2.05, 4.69) is 10.3 Å². The zero-order valence-corrected chi connectivity index (χ0v) is 10.1. The first kappa shape index (κ1) is 14.3. The van der Waals surface area contributed by atoms with Gasteiger partial charge in [-0.05, 0) is 31.5 Å². The van der Waals surface area contributed by atoms with Crippen molar-refractivity contribution in [2.75, 3.05) is 7.05 Å². The molecule has 0 spiro atoms. The van der Waals surface area contributed by atoms with E-state index in [4.69, 9.17) is 11.6 Å². The van der Waals surface area contributed by atoms with Crippen LogP contribution in [0.5, 0.6) is 0 Å². The highest BCUT2D eigenvalue weighted by molar-refractivity contribution is 6.31. The van der Waals surface area contributed by atoms with Crippen molar-refractivity contribution >= 4 is 11.6 Å². The molecule has 0 bridgehead atoms. The summed E-state index contributed by atoms with van der Waals surface area (Å²) in [6, 6.07) is 1.48. The first-order chi connectivity index (χ1) is 7.92. The van der Waals surface area contributed by atoms with Gasteiger partial charge in [-0.2, -0.15) is 13.2 Å². The van der Waals surface area contributed by atoms with E-state index in [0.717, 1.165) is 5.56 Å². The van der Waals surface area contributed by atoms with Crippen LogP contribution in [-0.2, 0) is 6.42 Å². The fraction of sp³-hybridized carbons (Fsp3) is 0.545. The quantitative estimate of drug-likeness (QED) is 0.885. The third-order valence-corrected chi connectivity index (χ3v) is 2.85. The molecule has 0 aliphatic rings. The van der Waals surface area contributed by atoms with Gasteiger partial charge in [0.25, 0.3) is 0 Å². The van der Waals surface area contributed by atoms with Crippen LogP contribution in [0, 0.1) is 0 Å². The lowest BCUT2D eigenvalue weighted by atomic mass is 10.0. The van der Waals surface area contributed by atoms with Crippen LogP contribution in [0.25, 0.3) is 0 Å². The van der Waals surface area contributed by atoms with Crippen molar-refractivity contribution in [1.29, 1.82) is 0 Å². The van der Waals surface area contributed by atoms with Gasteiger partial charge in [0, 0.05) is 24.9 Å². The summed E-state index contributed by atoms with van der Waals surface area (Å²) in [7, 11) is 1.65. The minimum atomic E-state index is -4.11. The smallest absolute Gasteiger partial charge is 0.317 e.